The molecular weight excluding hydrogens is 461 g/mol. The van der Waals surface area contributed by atoms with E-state index in [-0.39, 0.29) is 24.7 Å². The van der Waals surface area contributed by atoms with Gasteiger partial charge in [-0.1, -0.05) is 31.9 Å². The Labute approximate surface area is 202 Å². The second-order valence-electron chi connectivity index (χ2n) is 8.70. The zero-order valence-corrected chi connectivity index (χ0v) is 19.7. The number of nitrogens with zero attached hydrogens (tertiary/aromatic N) is 6. The average molecular weight is 491 g/mol. The number of carbonyl (C=O) groups is 2. The second-order valence-corrected chi connectivity index (χ2v) is 8.70. The molecule has 0 radical (unpaired) electrons. The van der Waals surface area contributed by atoms with Crippen LogP contribution in [-0.4, -0.2) is 77.7 Å². The van der Waals surface area contributed by atoms with Gasteiger partial charge in [0.15, 0.2) is 11.6 Å². The first-order valence-electron chi connectivity index (χ1n) is 11.9. The van der Waals surface area contributed by atoms with E-state index in [0.29, 0.717) is 37.8 Å². The van der Waals surface area contributed by atoms with Crippen molar-refractivity contribution in [3.8, 4) is 0 Å². The molecule has 188 valence electrons. The molecule has 0 aliphatic carbocycles. The summed E-state index contributed by atoms with van der Waals surface area (Å²) in [5.74, 6) is 0.465. The molecule has 2 fully saturated rings. The van der Waals surface area contributed by atoms with Crippen LogP contribution in [0.2, 0.25) is 0 Å². The normalized spacial score (nSPS) is 16.9. The number of unbranched alkanes of at least 4 members (excludes halogenated alkanes) is 2. The summed E-state index contributed by atoms with van der Waals surface area (Å²) in [5, 5.41) is 8.51. The minimum atomic E-state index is -4.59. The molecule has 0 spiro atoms. The zero-order chi connectivity index (χ0) is 25.0. The minimum absolute atomic E-state index is 0.0607. The average Bonchev–Trinajstić information content (AvgIpc) is 3.23. The lowest BCUT2D eigenvalue weighted by Gasteiger charge is -2.35. The van der Waals surface area contributed by atoms with Gasteiger partial charge in [0.25, 0.3) is 5.91 Å². The first-order valence-corrected chi connectivity index (χ1v) is 11.9. The molecule has 3 amide bonds. The Balaban J connectivity index is 1.34. The van der Waals surface area contributed by atoms with Crippen LogP contribution in [0.15, 0.2) is 36.4 Å². The van der Waals surface area contributed by atoms with Gasteiger partial charge in [0, 0.05) is 45.8 Å². The summed E-state index contributed by atoms with van der Waals surface area (Å²) in [4.78, 5) is 32.2. The Kier molecular flexibility index (Phi) is 7.42. The van der Waals surface area contributed by atoms with Crippen LogP contribution < -0.4 is 9.80 Å². The number of piperazine rings is 1. The molecular formula is C24H29F3N6O2. The molecule has 2 aliphatic heterocycles. The van der Waals surface area contributed by atoms with E-state index in [0.717, 1.165) is 31.9 Å². The van der Waals surface area contributed by atoms with Gasteiger partial charge in [-0.25, -0.2) is 4.79 Å². The summed E-state index contributed by atoms with van der Waals surface area (Å²) in [5.41, 5.74) is -1.26. The lowest BCUT2D eigenvalue weighted by Crippen LogP contribution is -2.49. The van der Waals surface area contributed by atoms with Crippen LogP contribution in [0.5, 0.6) is 0 Å². The Hall–Kier alpha value is -3.37. The summed E-state index contributed by atoms with van der Waals surface area (Å²) in [6.45, 7) is 5.48. The fourth-order valence-corrected chi connectivity index (χ4v) is 4.41. The Morgan fingerprint density at radius 2 is 1.60 bits per heavy atom. The van der Waals surface area contributed by atoms with Crippen molar-refractivity contribution >= 4 is 23.6 Å². The predicted molar refractivity (Wildman–Crippen MR) is 125 cm³/mol. The lowest BCUT2D eigenvalue weighted by molar-refractivity contribution is -0.138. The van der Waals surface area contributed by atoms with Gasteiger partial charge in [0.05, 0.1) is 11.1 Å². The van der Waals surface area contributed by atoms with Gasteiger partial charge in [-0.05, 0) is 30.7 Å². The SMILES string of the molecule is CCCCCN1CCN(c2ccc(N3CCN(C(=O)c4ccccc4C(F)(F)F)CC3)nn2)C1=O. The van der Waals surface area contributed by atoms with Crippen molar-refractivity contribution in [1.82, 2.24) is 20.0 Å². The molecule has 0 atom stereocenters. The van der Waals surface area contributed by atoms with Gasteiger partial charge < -0.3 is 14.7 Å². The highest BCUT2D eigenvalue weighted by molar-refractivity contribution is 5.96. The molecule has 0 bridgehead atoms. The fraction of sp³-hybridized carbons (Fsp3) is 0.500. The third kappa shape index (κ3) is 5.49. The molecule has 0 saturated carbocycles. The molecule has 11 heteroatoms. The van der Waals surface area contributed by atoms with E-state index < -0.39 is 17.6 Å². The van der Waals surface area contributed by atoms with Crippen molar-refractivity contribution < 1.29 is 22.8 Å². The topological polar surface area (TPSA) is 72.9 Å². The summed E-state index contributed by atoms with van der Waals surface area (Å²) in [6, 6.07) is 8.33. The zero-order valence-electron chi connectivity index (χ0n) is 19.7. The Morgan fingerprint density at radius 1 is 0.914 bits per heavy atom. The molecule has 3 heterocycles. The van der Waals surface area contributed by atoms with Crippen molar-refractivity contribution in [2.75, 3.05) is 55.6 Å². The van der Waals surface area contributed by atoms with E-state index in [1.165, 1.54) is 23.1 Å². The van der Waals surface area contributed by atoms with Crippen molar-refractivity contribution in [2.45, 2.75) is 32.4 Å². The first kappa shape index (κ1) is 24.7. The number of carbonyl (C=O) groups excluding carboxylic acids is 2. The molecule has 2 aromatic rings. The first-order chi connectivity index (χ1) is 16.8. The molecule has 1 aromatic heterocycles. The summed E-state index contributed by atoms with van der Waals surface area (Å²) < 4.78 is 39.9. The highest BCUT2D eigenvalue weighted by Crippen LogP contribution is 2.32. The van der Waals surface area contributed by atoms with Gasteiger partial charge in [-0.15, -0.1) is 10.2 Å². The number of benzene rings is 1. The van der Waals surface area contributed by atoms with Gasteiger partial charge in [-0.2, -0.15) is 13.2 Å². The molecule has 8 nitrogen and oxygen atoms in total. The lowest BCUT2D eigenvalue weighted by atomic mass is 10.1. The smallest absolute Gasteiger partial charge is 0.352 e. The van der Waals surface area contributed by atoms with Crippen LogP contribution in [-0.2, 0) is 6.18 Å². The summed E-state index contributed by atoms with van der Waals surface area (Å²) >= 11 is 0. The fourth-order valence-electron chi connectivity index (χ4n) is 4.41. The number of hydrogen-bond donors (Lipinski definition) is 0. The number of hydrogen-bond acceptors (Lipinski definition) is 5. The molecule has 0 N–H and O–H groups in total. The predicted octanol–water partition coefficient (Wildman–Crippen LogP) is 3.89. The third-order valence-corrected chi connectivity index (χ3v) is 6.39. The highest BCUT2D eigenvalue weighted by atomic mass is 19.4. The molecule has 2 aliphatic rings. The second kappa shape index (κ2) is 10.5. The van der Waals surface area contributed by atoms with Crippen LogP contribution in [0, 0.1) is 0 Å². The largest absolute Gasteiger partial charge is 0.417 e. The molecule has 1 aromatic carbocycles. The van der Waals surface area contributed by atoms with Crippen LogP contribution in [0.3, 0.4) is 0 Å². The number of alkyl halides is 3. The van der Waals surface area contributed by atoms with E-state index in [9.17, 15) is 22.8 Å². The Morgan fingerprint density at radius 3 is 2.26 bits per heavy atom. The van der Waals surface area contributed by atoms with Crippen molar-refractivity contribution in [2.24, 2.45) is 0 Å². The highest BCUT2D eigenvalue weighted by Gasteiger charge is 2.36. The van der Waals surface area contributed by atoms with E-state index in [1.54, 1.807) is 17.0 Å². The van der Waals surface area contributed by atoms with E-state index in [1.807, 2.05) is 9.80 Å². The third-order valence-electron chi connectivity index (χ3n) is 6.39. The van der Waals surface area contributed by atoms with Crippen molar-refractivity contribution in [3.05, 3.63) is 47.5 Å². The number of amides is 3. The minimum Gasteiger partial charge on any atom is -0.352 e. The van der Waals surface area contributed by atoms with Crippen LogP contribution >= 0.6 is 0 Å². The van der Waals surface area contributed by atoms with Crippen molar-refractivity contribution in [1.29, 1.82) is 0 Å². The standard InChI is InChI=1S/C24H29F3N6O2/c1-2-3-6-11-32-16-17-33(23(32)35)21-10-9-20(28-29-21)30-12-14-31(15-13-30)22(34)18-7-4-5-8-19(18)24(25,26)27/h4-5,7-10H,2-3,6,11-17H2,1H3. The van der Waals surface area contributed by atoms with Gasteiger partial charge in [0.1, 0.15) is 0 Å². The van der Waals surface area contributed by atoms with E-state index in [2.05, 4.69) is 17.1 Å². The summed E-state index contributed by atoms with van der Waals surface area (Å²) in [6.07, 6.45) is -1.42. The molecule has 35 heavy (non-hydrogen) atoms. The number of anilines is 2. The summed E-state index contributed by atoms with van der Waals surface area (Å²) in [7, 11) is 0. The number of urea groups is 1. The number of halogens is 3. The van der Waals surface area contributed by atoms with E-state index >= 15 is 0 Å². The van der Waals surface area contributed by atoms with Gasteiger partial charge in [-0.3, -0.25) is 9.69 Å². The van der Waals surface area contributed by atoms with Crippen LogP contribution in [0.1, 0.15) is 42.1 Å². The number of aromatic nitrogens is 2. The number of rotatable bonds is 7. The maximum Gasteiger partial charge on any atom is 0.417 e. The van der Waals surface area contributed by atoms with Gasteiger partial charge >= 0.3 is 12.2 Å². The molecule has 2 saturated heterocycles. The van der Waals surface area contributed by atoms with Crippen molar-refractivity contribution in [3.63, 3.8) is 0 Å². The molecule has 0 unspecified atom stereocenters. The van der Waals surface area contributed by atoms with Gasteiger partial charge in [0.2, 0.25) is 0 Å². The Bertz CT molecular complexity index is 1040. The monoisotopic (exact) mass is 490 g/mol. The van der Waals surface area contributed by atoms with Crippen LogP contribution in [0.25, 0.3) is 0 Å². The van der Waals surface area contributed by atoms with E-state index in [4.69, 9.17) is 0 Å². The maximum absolute atomic E-state index is 13.3. The quantitative estimate of drug-likeness (QED) is 0.551. The maximum atomic E-state index is 13.3. The molecule has 4 rings (SSSR count). The van der Waals surface area contributed by atoms with Crippen LogP contribution in [0.4, 0.5) is 29.6 Å².